The number of hydrogen-bond acceptors (Lipinski definition) is 10. The van der Waals surface area contributed by atoms with Gasteiger partial charge in [0.2, 0.25) is 0 Å². The number of anilines is 2. The normalized spacial score (nSPS) is 15.4. The van der Waals surface area contributed by atoms with Crippen LogP contribution in [0.3, 0.4) is 0 Å². The number of nitrogens with zero attached hydrogens (tertiary/aromatic N) is 8. The summed E-state index contributed by atoms with van der Waals surface area (Å²) in [7, 11) is 0. The maximum atomic E-state index is 15.1. The van der Waals surface area contributed by atoms with Crippen molar-refractivity contribution in [3.05, 3.63) is 138 Å². The van der Waals surface area contributed by atoms with E-state index < -0.39 is 28.8 Å². The first-order valence-corrected chi connectivity index (χ1v) is 16.6. The summed E-state index contributed by atoms with van der Waals surface area (Å²) in [6, 6.07) is 24.6. The standard InChI is InChI=1S/C37H36F2N10O3/c1-25(37(51,21-48-23-41-22-43-48)32-14-7-26(38)19-33(32)39)49-24-42-34-20-29(12-13-31(34)35(49)50)47-17-15-46(16-18-47)28-10-8-27(9-11-28)44-36(45-40)52-30-5-3-2-4-6-30/h2-14,19-20,22-25,51H,15-18,21,40H2,1H3,(H,44,45)/t25-,37-/m1/s1. The molecule has 4 N–H and O–H groups in total. The van der Waals surface area contributed by atoms with E-state index in [0.29, 0.717) is 28.4 Å². The Kier molecular flexibility index (Phi) is 9.61. The minimum Gasteiger partial charge on any atom is -0.425 e. The molecule has 1 saturated heterocycles. The number of piperazine rings is 1. The monoisotopic (exact) mass is 706 g/mol. The summed E-state index contributed by atoms with van der Waals surface area (Å²) in [6.45, 7) is 4.35. The van der Waals surface area contributed by atoms with Crippen molar-refractivity contribution in [2.24, 2.45) is 10.8 Å². The number of halogens is 2. The van der Waals surface area contributed by atoms with Crippen LogP contribution in [0.25, 0.3) is 10.9 Å². The van der Waals surface area contributed by atoms with Gasteiger partial charge in [-0.15, -0.1) is 0 Å². The van der Waals surface area contributed by atoms with Crippen molar-refractivity contribution in [3.63, 3.8) is 0 Å². The number of para-hydroxylation sites is 1. The molecule has 0 unspecified atom stereocenters. The van der Waals surface area contributed by atoms with Crippen molar-refractivity contribution >= 4 is 34.0 Å². The number of aliphatic imine (C=N–C) groups is 1. The topological polar surface area (TPSA) is 152 Å². The highest BCUT2D eigenvalue weighted by Crippen LogP contribution is 2.36. The van der Waals surface area contributed by atoms with Crippen molar-refractivity contribution in [3.8, 4) is 5.75 Å². The van der Waals surface area contributed by atoms with Gasteiger partial charge in [-0.1, -0.05) is 24.3 Å². The fraction of sp³-hybridized carbons (Fsp3) is 0.216. The lowest BCUT2D eigenvalue weighted by molar-refractivity contribution is -0.0343. The molecule has 6 aromatic rings. The van der Waals surface area contributed by atoms with Gasteiger partial charge in [0.05, 0.1) is 35.5 Å². The Bertz CT molecular complexity index is 2240. The van der Waals surface area contributed by atoms with Gasteiger partial charge in [-0.3, -0.25) is 14.8 Å². The Morgan fingerprint density at radius 1 is 0.962 bits per heavy atom. The van der Waals surface area contributed by atoms with Crippen LogP contribution in [-0.4, -0.2) is 61.6 Å². The smallest absolute Gasteiger partial charge is 0.310 e. The number of nitrogens with one attached hydrogen (secondary N) is 1. The summed E-state index contributed by atoms with van der Waals surface area (Å²) in [5, 5.41) is 16.4. The van der Waals surface area contributed by atoms with Gasteiger partial charge in [-0.05, 0) is 67.6 Å². The highest BCUT2D eigenvalue weighted by atomic mass is 19.1. The van der Waals surface area contributed by atoms with Gasteiger partial charge >= 0.3 is 6.02 Å². The van der Waals surface area contributed by atoms with E-state index in [1.165, 1.54) is 34.3 Å². The summed E-state index contributed by atoms with van der Waals surface area (Å²) in [5.74, 6) is 4.50. The first kappa shape index (κ1) is 34.3. The largest absolute Gasteiger partial charge is 0.425 e. The van der Waals surface area contributed by atoms with E-state index in [1.807, 2.05) is 66.7 Å². The van der Waals surface area contributed by atoms with Crippen molar-refractivity contribution in [2.45, 2.75) is 25.1 Å². The lowest BCUT2D eigenvalue weighted by Crippen LogP contribution is -2.46. The molecule has 4 aromatic carbocycles. The number of benzene rings is 4. The molecule has 1 fully saturated rings. The quantitative estimate of drug-likeness (QED) is 0.0861. The number of rotatable bonds is 9. The molecule has 266 valence electrons. The number of aromatic nitrogens is 5. The molecule has 0 saturated carbocycles. The summed E-state index contributed by atoms with van der Waals surface area (Å²) < 4.78 is 37.2. The highest BCUT2D eigenvalue weighted by molar-refractivity contribution is 5.82. The molecule has 2 aromatic heterocycles. The molecule has 3 heterocycles. The Balaban J connectivity index is 1.05. The second-order valence-corrected chi connectivity index (χ2v) is 12.4. The van der Waals surface area contributed by atoms with Gasteiger partial charge in [-0.25, -0.2) is 29.3 Å². The second-order valence-electron chi connectivity index (χ2n) is 12.4. The van der Waals surface area contributed by atoms with Crippen molar-refractivity contribution in [1.82, 2.24) is 29.7 Å². The van der Waals surface area contributed by atoms with Gasteiger partial charge in [0, 0.05) is 49.2 Å². The summed E-state index contributed by atoms with van der Waals surface area (Å²) in [5.41, 5.74) is 3.03. The Labute approximate surface area is 297 Å². The highest BCUT2D eigenvalue weighted by Gasteiger charge is 2.41. The third kappa shape index (κ3) is 7.04. The number of ether oxygens (including phenoxy) is 1. The summed E-state index contributed by atoms with van der Waals surface area (Å²) in [4.78, 5) is 31.3. The Morgan fingerprint density at radius 3 is 2.35 bits per heavy atom. The zero-order chi connectivity index (χ0) is 36.2. The molecule has 2 atom stereocenters. The van der Waals surface area contributed by atoms with E-state index in [2.05, 4.69) is 35.3 Å². The van der Waals surface area contributed by atoms with E-state index >= 15 is 4.39 Å². The molecule has 1 aliphatic heterocycles. The first-order valence-electron chi connectivity index (χ1n) is 16.6. The molecule has 13 nitrogen and oxygen atoms in total. The van der Waals surface area contributed by atoms with Crippen LogP contribution >= 0.6 is 0 Å². The zero-order valence-electron chi connectivity index (χ0n) is 28.2. The molecule has 7 rings (SSSR count). The minimum absolute atomic E-state index is 0.177. The van der Waals surface area contributed by atoms with Crippen LogP contribution in [0, 0.1) is 11.6 Å². The van der Waals surface area contributed by atoms with Crippen LogP contribution in [0.5, 0.6) is 5.75 Å². The number of hydrogen-bond donors (Lipinski definition) is 3. The van der Waals surface area contributed by atoms with Gasteiger partial charge in [-0.2, -0.15) is 10.1 Å². The van der Waals surface area contributed by atoms with E-state index in [9.17, 15) is 14.3 Å². The average molecular weight is 707 g/mol. The van der Waals surface area contributed by atoms with Gasteiger partial charge in [0.25, 0.3) is 5.56 Å². The van der Waals surface area contributed by atoms with Crippen LogP contribution < -0.4 is 31.4 Å². The lowest BCUT2D eigenvalue weighted by atomic mass is 9.86. The van der Waals surface area contributed by atoms with Crippen molar-refractivity contribution < 1.29 is 18.6 Å². The molecule has 0 amide bonds. The molecule has 15 heteroatoms. The third-order valence-corrected chi connectivity index (χ3v) is 9.31. The first-order chi connectivity index (χ1) is 25.2. The van der Waals surface area contributed by atoms with Gasteiger partial charge < -0.3 is 19.6 Å². The summed E-state index contributed by atoms with van der Waals surface area (Å²) >= 11 is 0. The zero-order valence-corrected chi connectivity index (χ0v) is 28.2. The maximum absolute atomic E-state index is 15.1. The fourth-order valence-electron chi connectivity index (χ4n) is 6.43. The number of amidine groups is 1. The number of fused-ring (bicyclic) bond motifs is 1. The van der Waals surface area contributed by atoms with E-state index in [4.69, 9.17) is 10.6 Å². The molecule has 0 radical (unpaired) electrons. The minimum atomic E-state index is -2.01. The van der Waals surface area contributed by atoms with Crippen LogP contribution in [0.4, 0.5) is 25.8 Å². The van der Waals surface area contributed by atoms with Crippen LogP contribution in [-0.2, 0) is 12.1 Å². The predicted octanol–water partition coefficient (Wildman–Crippen LogP) is 4.27. The third-order valence-electron chi connectivity index (χ3n) is 9.31. The molecule has 0 spiro atoms. The van der Waals surface area contributed by atoms with E-state index in [0.717, 1.165) is 43.6 Å². The fourth-order valence-corrected chi connectivity index (χ4v) is 6.43. The molecular formula is C37H36F2N10O3. The number of hydrazine groups is 1. The summed E-state index contributed by atoms with van der Waals surface area (Å²) in [6.07, 6.45) is 3.99. The molecule has 52 heavy (non-hydrogen) atoms. The SMILES string of the molecule is C[C@@H](n1cnc2cc(N3CCN(c4ccc(N=C(NN)Oc5ccccc5)cc4)CC3)ccc2c1=O)[C@](O)(Cn1cncn1)c1ccc(F)cc1F. The molecular weight excluding hydrogens is 670 g/mol. The van der Waals surface area contributed by atoms with Crippen molar-refractivity contribution in [2.75, 3.05) is 36.0 Å². The van der Waals surface area contributed by atoms with Crippen LogP contribution in [0.15, 0.2) is 120 Å². The molecule has 0 aliphatic carbocycles. The predicted molar refractivity (Wildman–Crippen MR) is 193 cm³/mol. The van der Waals surface area contributed by atoms with Crippen LogP contribution in [0.2, 0.25) is 0 Å². The average Bonchev–Trinajstić information content (AvgIpc) is 3.68. The molecule has 0 bridgehead atoms. The number of aliphatic hydroxyl groups is 1. The number of nitrogens with two attached hydrogens (primary N) is 1. The second kappa shape index (κ2) is 14.6. The maximum Gasteiger partial charge on any atom is 0.310 e. The van der Waals surface area contributed by atoms with E-state index in [-0.39, 0.29) is 18.1 Å². The Hall–Kier alpha value is -6.19. The van der Waals surface area contributed by atoms with Gasteiger partial charge in [0.15, 0.2) is 0 Å². The molecule has 1 aliphatic rings. The van der Waals surface area contributed by atoms with Gasteiger partial charge in [0.1, 0.15) is 35.6 Å². The Morgan fingerprint density at radius 2 is 1.67 bits per heavy atom. The lowest BCUT2D eigenvalue weighted by Gasteiger charge is -2.37. The van der Waals surface area contributed by atoms with E-state index in [1.54, 1.807) is 13.0 Å². The van der Waals surface area contributed by atoms with Crippen LogP contribution in [0.1, 0.15) is 18.5 Å². The van der Waals surface area contributed by atoms with Crippen molar-refractivity contribution in [1.29, 1.82) is 0 Å².